The van der Waals surface area contributed by atoms with Gasteiger partial charge >= 0.3 is 71.1 Å². The first-order chi connectivity index (χ1) is 9.61. The Bertz CT molecular complexity index is 374. The number of hydrogen-bond donors (Lipinski definition) is 2. The molecule has 2 fully saturated rings. The number of carboxylic acid groups (broad SMARTS) is 2. The molecule has 2 heterocycles. The van der Waals surface area contributed by atoms with E-state index in [1.165, 1.54) is 0 Å². The fourth-order valence-corrected chi connectivity index (χ4v) is 2.99. The van der Waals surface area contributed by atoms with Gasteiger partial charge in [-0.15, -0.1) is 0 Å². The monoisotopic (exact) mass is 332 g/mol. The van der Waals surface area contributed by atoms with Crippen molar-refractivity contribution in [2.45, 2.75) is 25.7 Å². The van der Waals surface area contributed by atoms with Gasteiger partial charge in [-0.25, -0.2) is 9.59 Å². The molecule has 8 heteroatoms. The summed E-state index contributed by atoms with van der Waals surface area (Å²) in [5, 5.41) is 19.0. The zero-order valence-electron chi connectivity index (χ0n) is 11.3. The molecular formula is C14H22Na2O6. The molecular weight excluding hydrogens is 310 g/mol. The van der Waals surface area contributed by atoms with Gasteiger partial charge in [0.2, 0.25) is 0 Å². The van der Waals surface area contributed by atoms with E-state index in [2.05, 4.69) is 0 Å². The van der Waals surface area contributed by atoms with Gasteiger partial charge in [0.1, 0.15) is 0 Å². The SMILES string of the molecule is O=C(O)/C(=C(\C(=O)O)C1CCOCC1)C1CCOCC1.[NaH].[NaH]. The van der Waals surface area contributed by atoms with Crippen LogP contribution in [0.1, 0.15) is 25.7 Å². The normalized spacial score (nSPS) is 21.1. The van der Waals surface area contributed by atoms with Crippen molar-refractivity contribution in [1.29, 1.82) is 0 Å². The fourth-order valence-electron chi connectivity index (χ4n) is 2.99. The molecule has 0 unspecified atom stereocenters. The van der Waals surface area contributed by atoms with Gasteiger partial charge < -0.3 is 19.7 Å². The number of hydrogen-bond acceptors (Lipinski definition) is 4. The first-order valence-corrected chi connectivity index (χ1v) is 6.97. The summed E-state index contributed by atoms with van der Waals surface area (Å²) in [6.45, 7) is 1.95. The minimum absolute atomic E-state index is 0. The van der Waals surface area contributed by atoms with E-state index in [9.17, 15) is 19.8 Å². The molecule has 0 aromatic carbocycles. The Morgan fingerprint density at radius 2 is 0.955 bits per heavy atom. The van der Waals surface area contributed by atoms with Gasteiger partial charge in [-0.1, -0.05) is 0 Å². The average Bonchev–Trinajstić information content (AvgIpc) is 2.45. The van der Waals surface area contributed by atoms with E-state index in [0.717, 1.165) is 0 Å². The predicted octanol–water partition coefficient (Wildman–Crippen LogP) is 0.00840. The first-order valence-electron chi connectivity index (χ1n) is 6.97. The molecule has 0 saturated carbocycles. The molecule has 2 saturated heterocycles. The quantitative estimate of drug-likeness (QED) is 0.556. The third kappa shape index (κ3) is 5.91. The molecule has 0 atom stereocenters. The summed E-state index contributed by atoms with van der Waals surface area (Å²) in [5.41, 5.74) is 0.153. The Hall–Kier alpha value is 0.600. The summed E-state index contributed by atoms with van der Waals surface area (Å²) in [5.74, 6) is -2.67. The number of carbonyl (C=O) groups is 2. The molecule has 2 aliphatic heterocycles. The second-order valence-corrected chi connectivity index (χ2v) is 5.21. The molecule has 0 radical (unpaired) electrons. The van der Waals surface area contributed by atoms with Crippen LogP contribution in [-0.2, 0) is 19.1 Å². The Morgan fingerprint density at radius 1 is 0.682 bits per heavy atom. The second-order valence-electron chi connectivity index (χ2n) is 5.21. The van der Waals surface area contributed by atoms with E-state index in [0.29, 0.717) is 52.1 Å². The third-order valence-electron chi connectivity index (χ3n) is 4.01. The second kappa shape index (κ2) is 11.2. The molecule has 22 heavy (non-hydrogen) atoms. The minimum atomic E-state index is -1.11. The summed E-state index contributed by atoms with van der Waals surface area (Å²) in [4.78, 5) is 23.2. The molecule has 0 spiro atoms. The van der Waals surface area contributed by atoms with Crippen LogP contribution in [0.25, 0.3) is 0 Å². The van der Waals surface area contributed by atoms with Crippen LogP contribution >= 0.6 is 0 Å². The zero-order chi connectivity index (χ0) is 14.5. The molecule has 2 N–H and O–H groups in total. The average molecular weight is 332 g/mol. The van der Waals surface area contributed by atoms with Gasteiger partial charge in [0, 0.05) is 26.4 Å². The van der Waals surface area contributed by atoms with Crippen LogP contribution in [0.4, 0.5) is 0 Å². The Labute approximate surface area is 174 Å². The summed E-state index contributed by atoms with van der Waals surface area (Å²) >= 11 is 0. The van der Waals surface area contributed by atoms with E-state index < -0.39 is 11.9 Å². The molecule has 0 aromatic rings. The van der Waals surface area contributed by atoms with E-state index in [-0.39, 0.29) is 82.1 Å². The standard InChI is InChI=1S/C14H20O6.2Na.2H/c15-13(16)11(9-1-5-19-6-2-9)12(14(17)18)10-3-7-20-8-4-10;;;;/h9-10H,1-8H2,(H,15,16)(H,17,18);;;;/b12-11-;;;;. The number of ether oxygens (including phenoxy) is 2. The third-order valence-corrected chi connectivity index (χ3v) is 4.01. The van der Waals surface area contributed by atoms with Gasteiger partial charge in [0.25, 0.3) is 0 Å². The molecule has 0 amide bonds. The number of aliphatic carboxylic acids is 2. The van der Waals surface area contributed by atoms with Crippen molar-refractivity contribution in [3.05, 3.63) is 11.1 Å². The summed E-state index contributed by atoms with van der Waals surface area (Å²) in [6, 6.07) is 0. The van der Waals surface area contributed by atoms with Crippen molar-refractivity contribution in [1.82, 2.24) is 0 Å². The molecule has 116 valence electrons. The Morgan fingerprint density at radius 3 is 1.18 bits per heavy atom. The number of carboxylic acids is 2. The van der Waals surface area contributed by atoms with Gasteiger partial charge in [0.05, 0.1) is 11.1 Å². The molecule has 0 aliphatic carbocycles. The van der Waals surface area contributed by atoms with Crippen LogP contribution in [-0.4, -0.2) is 108 Å². The molecule has 6 nitrogen and oxygen atoms in total. The van der Waals surface area contributed by atoms with Crippen LogP contribution in [0.2, 0.25) is 0 Å². The van der Waals surface area contributed by atoms with Gasteiger partial charge in [-0.05, 0) is 37.5 Å². The molecule has 0 aromatic heterocycles. The van der Waals surface area contributed by atoms with E-state index >= 15 is 0 Å². The summed E-state index contributed by atoms with van der Waals surface area (Å²) in [6.07, 6.45) is 2.28. The summed E-state index contributed by atoms with van der Waals surface area (Å²) in [7, 11) is 0. The van der Waals surface area contributed by atoms with Gasteiger partial charge in [-0.3, -0.25) is 0 Å². The number of rotatable bonds is 4. The van der Waals surface area contributed by atoms with Crippen molar-refractivity contribution in [2.75, 3.05) is 26.4 Å². The van der Waals surface area contributed by atoms with E-state index in [4.69, 9.17) is 9.47 Å². The van der Waals surface area contributed by atoms with E-state index in [1.54, 1.807) is 0 Å². The predicted molar refractivity (Wildman–Crippen MR) is 83.7 cm³/mol. The van der Waals surface area contributed by atoms with Crippen LogP contribution in [0.15, 0.2) is 11.1 Å². The van der Waals surface area contributed by atoms with Crippen molar-refractivity contribution < 1.29 is 29.3 Å². The molecule has 2 rings (SSSR count). The Kier molecular flexibility index (Phi) is 11.5. The topological polar surface area (TPSA) is 93.1 Å². The van der Waals surface area contributed by atoms with Crippen molar-refractivity contribution in [3.8, 4) is 0 Å². The molecule has 0 bridgehead atoms. The van der Waals surface area contributed by atoms with Crippen LogP contribution in [0.3, 0.4) is 0 Å². The van der Waals surface area contributed by atoms with Crippen LogP contribution in [0, 0.1) is 11.8 Å². The van der Waals surface area contributed by atoms with Gasteiger partial charge in [-0.2, -0.15) is 0 Å². The van der Waals surface area contributed by atoms with Crippen molar-refractivity contribution >= 4 is 71.1 Å². The van der Waals surface area contributed by atoms with Crippen molar-refractivity contribution in [2.24, 2.45) is 11.8 Å². The van der Waals surface area contributed by atoms with Crippen LogP contribution < -0.4 is 0 Å². The van der Waals surface area contributed by atoms with Gasteiger partial charge in [0.15, 0.2) is 0 Å². The maximum absolute atomic E-state index is 11.6. The summed E-state index contributed by atoms with van der Waals surface area (Å²) < 4.78 is 10.5. The molecule has 2 aliphatic rings. The van der Waals surface area contributed by atoms with Crippen molar-refractivity contribution in [3.63, 3.8) is 0 Å². The maximum atomic E-state index is 11.6. The first kappa shape index (κ1) is 22.6. The van der Waals surface area contributed by atoms with Crippen LogP contribution in [0.5, 0.6) is 0 Å². The zero-order valence-corrected chi connectivity index (χ0v) is 11.3. The van der Waals surface area contributed by atoms with E-state index in [1.807, 2.05) is 0 Å². The Balaban J connectivity index is 0.00000220. The fraction of sp³-hybridized carbons (Fsp3) is 0.714.